The molecule has 1 amide bonds. The lowest BCUT2D eigenvalue weighted by atomic mass is 10.2. The number of nitro groups is 1. The van der Waals surface area contributed by atoms with Crippen molar-refractivity contribution < 1.29 is 19.6 Å². The molecule has 2 N–H and O–H groups in total. The van der Waals surface area contributed by atoms with Gasteiger partial charge in [0.2, 0.25) is 5.91 Å². The van der Waals surface area contributed by atoms with Crippen molar-refractivity contribution in [1.82, 2.24) is 4.90 Å². The van der Waals surface area contributed by atoms with Gasteiger partial charge in [0.05, 0.1) is 11.5 Å². The van der Waals surface area contributed by atoms with Crippen LogP contribution in [0.4, 0.5) is 11.4 Å². The normalized spacial score (nSPS) is 10.5. The van der Waals surface area contributed by atoms with Crippen LogP contribution in [0.15, 0.2) is 24.3 Å². The Balaban J connectivity index is 2.47. The molecular weight excluding hydrogens is 290 g/mol. The summed E-state index contributed by atoms with van der Waals surface area (Å²) < 4.78 is 0. The maximum absolute atomic E-state index is 11.8. The highest BCUT2D eigenvalue weighted by Crippen LogP contribution is 2.15. The van der Waals surface area contributed by atoms with Crippen LogP contribution in [-0.2, 0) is 9.59 Å². The summed E-state index contributed by atoms with van der Waals surface area (Å²) in [5, 5.41) is 21.9. The third kappa shape index (κ3) is 6.31. The van der Waals surface area contributed by atoms with E-state index in [2.05, 4.69) is 5.32 Å². The summed E-state index contributed by atoms with van der Waals surface area (Å²) >= 11 is 0. The topological polar surface area (TPSA) is 113 Å². The van der Waals surface area contributed by atoms with Crippen LogP contribution in [-0.4, -0.2) is 46.4 Å². The number of rotatable bonds is 9. The first kappa shape index (κ1) is 17.6. The van der Waals surface area contributed by atoms with Crippen molar-refractivity contribution >= 4 is 23.3 Å². The van der Waals surface area contributed by atoms with Gasteiger partial charge in [-0.3, -0.25) is 24.6 Å². The summed E-state index contributed by atoms with van der Waals surface area (Å²) in [5.41, 5.74) is 0.421. The molecule has 0 heterocycles. The van der Waals surface area contributed by atoms with Crippen LogP contribution in [0.5, 0.6) is 0 Å². The highest BCUT2D eigenvalue weighted by molar-refractivity contribution is 5.90. The number of aliphatic carboxylic acids is 1. The maximum Gasteiger partial charge on any atom is 0.317 e. The average molecular weight is 309 g/mol. The van der Waals surface area contributed by atoms with E-state index in [0.717, 1.165) is 6.42 Å². The molecule has 0 atom stereocenters. The van der Waals surface area contributed by atoms with E-state index < -0.39 is 10.9 Å². The number of hydrogen-bond acceptors (Lipinski definition) is 5. The number of benzene rings is 1. The van der Waals surface area contributed by atoms with Crippen LogP contribution < -0.4 is 5.32 Å². The SMILES string of the molecule is CCCN(CCC(=O)Nc1ccc([N+](=O)[O-])cc1)CC(=O)O. The van der Waals surface area contributed by atoms with E-state index >= 15 is 0 Å². The molecule has 1 aromatic rings. The number of nitro benzene ring substituents is 1. The van der Waals surface area contributed by atoms with E-state index in [4.69, 9.17) is 5.11 Å². The average Bonchev–Trinajstić information content (AvgIpc) is 2.45. The molecule has 8 heteroatoms. The van der Waals surface area contributed by atoms with Crippen molar-refractivity contribution in [3.63, 3.8) is 0 Å². The van der Waals surface area contributed by atoms with Crippen LogP contribution in [0.3, 0.4) is 0 Å². The molecule has 0 aliphatic heterocycles. The highest BCUT2D eigenvalue weighted by Gasteiger charge is 2.11. The minimum absolute atomic E-state index is 0.0476. The lowest BCUT2D eigenvalue weighted by Gasteiger charge is -2.18. The van der Waals surface area contributed by atoms with E-state index in [1.165, 1.54) is 24.3 Å². The third-order valence-electron chi connectivity index (χ3n) is 2.92. The number of amides is 1. The molecule has 0 fully saturated rings. The van der Waals surface area contributed by atoms with Gasteiger partial charge in [0.1, 0.15) is 0 Å². The molecular formula is C14H19N3O5. The van der Waals surface area contributed by atoms with Gasteiger partial charge in [-0.05, 0) is 25.1 Å². The molecule has 120 valence electrons. The Bertz CT molecular complexity index is 530. The molecule has 0 aliphatic carbocycles. The Hall–Kier alpha value is -2.48. The first-order chi connectivity index (χ1) is 10.4. The van der Waals surface area contributed by atoms with Crippen LogP contribution in [0.1, 0.15) is 19.8 Å². The number of carbonyl (C=O) groups excluding carboxylic acids is 1. The number of non-ortho nitro benzene ring substituents is 1. The molecule has 0 saturated heterocycles. The number of hydrogen-bond donors (Lipinski definition) is 2. The molecule has 0 saturated carbocycles. The van der Waals surface area contributed by atoms with Crippen molar-refractivity contribution in [1.29, 1.82) is 0 Å². The molecule has 0 aliphatic rings. The van der Waals surface area contributed by atoms with Gasteiger partial charge >= 0.3 is 5.97 Å². The molecule has 8 nitrogen and oxygen atoms in total. The number of carboxylic acid groups (broad SMARTS) is 1. The molecule has 0 aromatic heterocycles. The lowest BCUT2D eigenvalue weighted by Crippen LogP contribution is -2.33. The van der Waals surface area contributed by atoms with Gasteiger partial charge < -0.3 is 10.4 Å². The fourth-order valence-electron chi connectivity index (χ4n) is 1.93. The number of nitrogens with zero attached hydrogens (tertiary/aromatic N) is 2. The Kier molecular flexibility index (Phi) is 6.97. The minimum Gasteiger partial charge on any atom is -0.480 e. The summed E-state index contributed by atoms with van der Waals surface area (Å²) in [6.07, 6.45) is 0.960. The van der Waals surface area contributed by atoms with E-state index in [1.54, 1.807) is 4.90 Å². The lowest BCUT2D eigenvalue weighted by molar-refractivity contribution is -0.384. The molecule has 0 unspecified atom stereocenters. The second-order valence-electron chi connectivity index (χ2n) is 4.77. The molecule has 0 radical (unpaired) electrons. The minimum atomic E-state index is -0.927. The molecule has 1 rings (SSSR count). The Morgan fingerprint density at radius 2 is 1.91 bits per heavy atom. The number of nitrogens with one attached hydrogen (secondary N) is 1. The summed E-state index contributed by atoms with van der Waals surface area (Å²) in [4.78, 5) is 34.2. The summed E-state index contributed by atoms with van der Waals surface area (Å²) in [6, 6.07) is 5.53. The zero-order valence-corrected chi connectivity index (χ0v) is 12.3. The largest absolute Gasteiger partial charge is 0.480 e. The fraction of sp³-hybridized carbons (Fsp3) is 0.429. The second kappa shape index (κ2) is 8.73. The molecule has 1 aromatic carbocycles. The smallest absolute Gasteiger partial charge is 0.317 e. The quantitative estimate of drug-likeness (QED) is 0.530. The van der Waals surface area contributed by atoms with Gasteiger partial charge in [0, 0.05) is 30.8 Å². The van der Waals surface area contributed by atoms with Crippen molar-refractivity contribution in [3.05, 3.63) is 34.4 Å². The van der Waals surface area contributed by atoms with Gasteiger partial charge in [0.15, 0.2) is 0 Å². The second-order valence-corrected chi connectivity index (χ2v) is 4.77. The first-order valence-electron chi connectivity index (χ1n) is 6.90. The number of anilines is 1. The van der Waals surface area contributed by atoms with Crippen molar-refractivity contribution in [3.8, 4) is 0 Å². The zero-order valence-electron chi connectivity index (χ0n) is 12.3. The first-order valence-corrected chi connectivity index (χ1v) is 6.90. The number of carboxylic acids is 1. The molecule has 0 spiro atoms. The molecule has 22 heavy (non-hydrogen) atoms. The molecule has 0 bridgehead atoms. The van der Waals surface area contributed by atoms with Crippen molar-refractivity contribution in [2.45, 2.75) is 19.8 Å². The summed E-state index contributed by atoms with van der Waals surface area (Å²) in [5.74, 6) is -1.19. The van der Waals surface area contributed by atoms with Gasteiger partial charge in [-0.15, -0.1) is 0 Å². The zero-order chi connectivity index (χ0) is 16.5. The Morgan fingerprint density at radius 3 is 2.41 bits per heavy atom. The van der Waals surface area contributed by atoms with Gasteiger partial charge in [-0.25, -0.2) is 0 Å². The summed E-state index contributed by atoms with van der Waals surface area (Å²) in [7, 11) is 0. The van der Waals surface area contributed by atoms with E-state index in [9.17, 15) is 19.7 Å². The predicted molar refractivity (Wildman–Crippen MR) is 80.7 cm³/mol. The van der Waals surface area contributed by atoms with Crippen LogP contribution in [0, 0.1) is 10.1 Å². The predicted octanol–water partition coefficient (Wildman–Crippen LogP) is 1.72. The van der Waals surface area contributed by atoms with E-state index in [0.29, 0.717) is 18.8 Å². The Labute approximate surface area is 127 Å². The van der Waals surface area contributed by atoms with Crippen LogP contribution in [0.25, 0.3) is 0 Å². The van der Waals surface area contributed by atoms with E-state index in [-0.39, 0.29) is 24.6 Å². The number of carbonyl (C=O) groups is 2. The van der Waals surface area contributed by atoms with Crippen LogP contribution >= 0.6 is 0 Å². The van der Waals surface area contributed by atoms with Gasteiger partial charge in [0.25, 0.3) is 5.69 Å². The van der Waals surface area contributed by atoms with Crippen LogP contribution in [0.2, 0.25) is 0 Å². The van der Waals surface area contributed by atoms with Crippen molar-refractivity contribution in [2.75, 3.05) is 25.0 Å². The Morgan fingerprint density at radius 1 is 1.27 bits per heavy atom. The fourth-order valence-corrected chi connectivity index (χ4v) is 1.93. The third-order valence-corrected chi connectivity index (χ3v) is 2.92. The van der Waals surface area contributed by atoms with Crippen molar-refractivity contribution in [2.24, 2.45) is 0 Å². The summed E-state index contributed by atoms with van der Waals surface area (Å²) in [6.45, 7) is 2.79. The van der Waals surface area contributed by atoms with Gasteiger partial charge in [-0.1, -0.05) is 6.92 Å². The standard InChI is InChI=1S/C14H19N3O5/c1-2-8-16(10-14(19)20)9-7-13(18)15-11-3-5-12(6-4-11)17(21)22/h3-6H,2,7-10H2,1H3,(H,15,18)(H,19,20). The van der Waals surface area contributed by atoms with Gasteiger partial charge in [-0.2, -0.15) is 0 Å². The van der Waals surface area contributed by atoms with E-state index in [1.807, 2.05) is 6.92 Å². The highest BCUT2D eigenvalue weighted by atomic mass is 16.6. The monoisotopic (exact) mass is 309 g/mol. The maximum atomic E-state index is 11.8.